The maximum absolute atomic E-state index is 12.4. The SMILES string of the molecule is [2H]C(=C=C)C1=CCN(S(=O)(=O)c2ccc(C)cc2)C1. The topological polar surface area (TPSA) is 37.4 Å². The molecule has 1 aliphatic heterocycles. The van der Waals surface area contributed by atoms with Crippen LogP contribution in [0, 0.1) is 6.92 Å². The third kappa shape index (κ3) is 2.46. The lowest BCUT2D eigenvalue weighted by molar-refractivity contribution is 0.485. The van der Waals surface area contributed by atoms with Gasteiger partial charge < -0.3 is 0 Å². The normalized spacial score (nSPS) is 16.9. The Morgan fingerprint density at radius 1 is 1.44 bits per heavy atom. The molecule has 3 nitrogen and oxygen atoms in total. The summed E-state index contributed by atoms with van der Waals surface area (Å²) in [5, 5.41) is 0. The zero-order valence-corrected chi connectivity index (χ0v) is 11.0. The predicted molar refractivity (Wildman–Crippen MR) is 71.7 cm³/mol. The molecule has 1 heterocycles. The van der Waals surface area contributed by atoms with Gasteiger partial charge >= 0.3 is 0 Å². The van der Waals surface area contributed by atoms with E-state index >= 15 is 0 Å². The molecule has 0 saturated carbocycles. The molecular formula is C14H15NO2S. The Labute approximate surface area is 109 Å². The Morgan fingerprint density at radius 3 is 2.72 bits per heavy atom. The first-order valence-electron chi connectivity index (χ1n) is 6.08. The van der Waals surface area contributed by atoms with Crippen molar-refractivity contribution in [1.29, 1.82) is 0 Å². The molecule has 0 saturated heterocycles. The second kappa shape index (κ2) is 4.94. The molecule has 0 atom stereocenters. The van der Waals surface area contributed by atoms with Gasteiger partial charge in [-0.25, -0.2) is 8.42 Å². The van der Waals surface area contributed by atoms with Gasteiger partial charge in [-0.2, -0.15) is 4.31 Å². The molecule has 1 aromatic rings. The second-order valence-electron chi connectivity index (χ2n) is 4.14. The van der Waals surface area contributed by atoms with E-state index in [2.05, 4.69) is 12.3 Å². The summed E-state index contributed by atoms with van der Waals surface area (Å²) in [5.41, 5.74) is 4.13. The van der Waals surface area contributed by atoms with Gasteiger partial charge in [0.2, 0.25) is 10.0 Å². The van der Waals surface area contributed by atoms with Crippen LogP contribution in [0.1, 0.15) is 6.93 Å². The standard InChI is InChI=1S/C14H15NO2S/c1-3-4-13-9-10-15(11-13)18(16,17)14-7-5-12(2)6-8-14/h4-9H,1,10-11H2,2H3/i4D. The third-order valence-electron chi connectivity index (χ3n) is 2.80. The fraction of sp³-hybridized carbons (Fsp3) is 0.214. The van der Waals surface area contributed by atoms with Crippen LogP contribution >= 0.6 is 0 Å². The lowest BCUT2D eigenvalue weighted by Gasteiger charge is -2.16. The van der Waals surface area contributed by atoms with Crippen molar-refractivity contribution in [2.24, 2.45) is 0 Å². The van der Waals surface area contributed by atoms with Crippen LogP contribution in [0.4, 0.5) is 0 Å². The van der Waals surface area contributed by atoms with Crippen molar-refractivity contribution in [2.75, 3.05) is 13.1 Å². The zero-order valence-electron chi connectivity index (χ0n) is 11.2. The van der Waals surface area contributed by atoms with Gasteiger partial charge in [0.1, 0.15) is 0 Å². The fourth-order valence-corrected chi connectivity index (χ4v) is 3.14. The van der Waals surface area contributed by atoms with Crippen molar-refractivity contribution in [2.45, 2.75) is 11.8 Å². The molecule has 0 spiro atoms. The van der Waals surface area contributed by atoms with E-state index in [1.165, 1.54) is 4.31 Å². The first-order chi connectivity index (χ1) is 8.95. The minimum atomic E-state index is -3.49. The van der Waals surface area contributed by atoms with Crippen LogP contribution in [0.2, 0.25) is 0 Å². The van der Waals surface area contributed by atoms with Crippen molar-refractivity contribution in [1.82, 2.24) is 4.31 Å². The van der Waals surface area contributed by atoms with Crippen LogP contribution in [0.5, 0.6) is 0 Å². The number of benzene rings is 1. The van der Waals surface area contributed by atoms with E-state index in [1.807, 2.05) is 6.92 Å². The van der Waals surface area contributed by atoms with Crippen molar-refractivity contribution in [3.8, 4) is 0 Å². The molecule has 0 fully saturated rings. The summed E-state index contributed by atoms with van der Waals surface area (Å²) < 4.78 is 33.7. The fourth-order valence-electron chi connectivity index (χ4n) is 1.78. The predicted octanol–water partition coefficient (Wildman–Crippen LogP) is 2.27. The molecule has 0 radical (unpaired) electrons. The average Bonchev–Trinajstić information content (AvgIpc) is 2.88. The molecule has 0 amide bonds. The zero-order chi connectivity index (χ0) is 14.0. The molecule has 0 aliphatic carbocycles. The molecular weight excluding hydrogens is 246 g/mol. The largest absolute Gasteiger partial charge is 0.243 e. The van der Waals surface area contributed by atoms with Gasteiger partial charge in [0, 0.05) is 13.1 Å². The maximum Gasteiger partial charge on any atom is 0.243 e. The highest BCUT2D eigenvalue weighted by Gasteiger charge is 2.27. The van der Waals surface area contributed by atoms with E-state index in [1.54, 1.807) is 30.3 Å². The van der Waals surface area contributed by atoms with Gasteiger partial charge in [0.05, 0.1) is 6.27 Å². The summed E-state index contributed by atoms with van der Waals surface area (Å²) in [6.07, 6.45) is 1.73. The minimum absolute atomic E-state index is 0.154. The Hall–Kier alpha value is -1.61. The lowest BCUT2D eigenvalue weighted by atomic mass is 10.2. The first kappa shape index (κ1) is 11.5. The third-order valence-corrected chi connectivity index (χ3v) is 4.62. The van der Waals surface area contributed by atoms with Gasteiger partial charge in [0.25, 0.3) is 0 Å². The molecule has 94 valence electrons. The van der Waals surface area contributed by atoms with E-state index in [0.29, 0.717) is 5.57 Å². The molecule has 0 aromatic heterocycles. The first-order valence-corrected chi connectivity index (χ1v) is 7.02. The monoisotopic (exact) mass is 262 g/mol. The van der Waals surface area contributed by atoms with Crippen LogP contribution in [-0.2, 0) is 10.0 Å². The van der Waals surface area contributed by atoms with Crippen LogP contribution in [0.3, 0.4) is 0 Å². The number of rotatable bonds is 3. The molecule has 0 unspecified atom stereocenters. The van der Waals surface area contributed by atoms with Gasteiger partial charge in [0.15, 0.2) is 0 Å². The lowest BCUT2D eigenvalue weighted by Crippen LogP contribution is -2.29. The molecule has 1 aliphatic rings. The maximum atomic E-state index is 12.4. The van der Waals surface area contributed by atoms with E-state index < -0.39 is 10.0 Å². The summed E-state index contributed by atoms with van der Waals surface area (Å²) in [4.78, 5) is 0.280. The number of nitrogens with zero attached hydrogens (tertiary/aromatic N) is 1. The minimum Gasteiger partial charge on any atom is -0.207 e. The highest BCUT2D eigenvalue weighted by Crippen LogP contribution is 2.21. The Balaban J connectivity index is 2.25. The summed E-state index contributed by atoms with van der Waals surface area (Å²) in [5.74, 6) is 0. The van der Waals surface area contributed by atoms with Crippen molar-refractivity contribution >= 4 is 10.0 Å². The van der Waals surface area contributed by atoms with E-state index in [-0.39, 0.29) is 24.0 Å². The number of aryl methyl sites for hydroxylation is 1. The van der Waals surface area contributed by atoms with Crippen LogP contribution < -0.4 is 0 Å². The van der Waals surface area contributed by atoms with E-state index in [4.69, 9.17) is 1.37 Å². The van der Waals surface area contributed by atoms with Crippen LogP contribution in [0.25, 0.3) is 0 Å². The van der Waals surface area contributed by atoms with Crippen molar-refractivity contribution in [3.05, 3.63) is 59.8 Å². The molecule has 1 aromatic carbocycles. The Bertz CT molecular complexity index is 668. The molecule has 2 rings (SSSR count). The molecule has 4 heteroatoms. The van der Waals surface area contributed by atoms with Gasteiger partial charge in [-0.3, -0.25) is 0 Å². The van der Waals surface area contributed by atoms with E-state index in [0.717, 1.165) is 5.56 Å². The summed E-state index contributed by atoms with van der Waals surface area (Å²) in [7, 11) is -3.49. The number of hydrogen-bond acceptors (Lipinski definition) is 2. The van der Waals surface area contributed by atoms with Crippen LogP contribution in [-0.4, -0.2) is 25.8 Å². The Kier molecular flexibility index (Phi) is 3.15. The Morgan fingerprint density at radius 2 is 2.11 bits per heavy atom. The summed E-state index contributed by atoms with van der Waals surface area (Å²) >= 11 is 0. The number of hydrogen-bond donors (Lipinski definition) is 0. The van der Waals surface area contributed by atoms with Gasteiger partial charge in [-0.1, -0.05) is 30.4 Å². The highest BCUT2D eigenvalue weighted by atomic mass is 32.2. The van der Waals surface area contributed by atoms with Gasteiger partial charge in [-0.05, 0) is 30.7 Å². The quantitative estimate of drug-likeness (QED) is 0.784. The molecule has 18 heavy (non-hydrogen) atoms. The smallest absolute Gasteiger partial charge is 0.207 e. The summed E-state index contributed by atoms with van der Waals surface area (Å²) in [6, 6.07) is 6.91. The van der Waals surface area contributed by atoms with Crippen LogP contribution in [0.15, 0.2) is 59.2 Å². The van der Waals surface area contributed by atoms with Crippen molar-refractivity contribution < 1.29 is 9.79 Å². The molecule has 0 bridgehead atoms. The number of sulfonamides is 1. The second-order valence-corrected chi connectivity index (χ2v) is 6.08. The van der Waals surface area contributed by atoms with Crippen molar-refractivity contribution in [3.63, 3.8) is 0 Å². The average molecular weight is 262 g/mol. The summed E-state index contributed by atoms with van der Waals surface area (Å²) in [6.45, 7) is 5.81. The van der Waals surface area contributed by atoms with Gasteiger partial charge in [-0.15, -0.1) is 5.73 Å². The molecule has 0 N–H and O–H groups in total. The highest BCUT2D eigenvalue weighted by molar-refractivity contribution is 7.89. The van der Waals surface area contributed by atoms with E-state index in [9.17, 15) is 8.42 Å².